The largest absolute Gasteiger partial charge is 0.453 e. The fraction of sp³-hybridized carbons (Fsp3) is 0.188. The van der Waals surface area contributed by atoms with Crippen molar-refractivity contribution >= 4 is 34.8 Å². The lowest BCUT2D eigenvalue weighted by Crippen LogP contribution is -2.14. The average Bonchev–Trinajstić information content (AvgIpc) is 2.92. The zero-order chi connectivity index (χ0) is 15.9. The molecule has 0 atom stereocenters. The Kier molecular flexibility index (Phi) is 3.98. The summed E-state index contributed by atoms with van der Waals surface area (Å²) in [6, 6.07) is 8.31. The third-order valence-corrected chi connectivity index (χ3v) is 4.16. The Morgan fingerprint density at radius 2 is 1.95 bits per heavy atom. The van der Waals surface area contributed by atoms with Gasteiger partial charge in [0.15, 0.2) is 6.73 Å². The molecule has 2 aromatic rings. The molecule has 2 aromatic carbocycles. The van der Waals surface area contributed by atoms with Gasteiger partial charge in [0.25, 0.3) is 0 Å². The number of hydrogen-bond donors (Lipinski definition) is 0. The fourth-order valence-corrected chi connectivity index (χ4v) is 2.81. The minimum Gasteiger partial charge on any atom is -0.453 e. The first-order chi connectivity index (χ1) is 10.5. The summed E-state index contributed by atoms with van der Waals surface area (Å²) in [6.45, 7) is 4.03. The molecule has 1 aliphatic rings. The van der Waals surface area contributed by atoms with Crippen LogP contribution in [0.1, 0.15) is 16.7 Å². The molecule has 0 aliphatic carbocycles. The zero-order valence-corrected chi connectivity index (χ0v) is 13.5. The smallest absolute Gasteiger partial charge is 0.245 e. The van der Waals surface area contributed by atoms with E-state index in [-0.39, 0.29) is 23.2 Å². The van der Waals surface area contributed by atoms with Crippen molar-refractivity contribution in [2.75, 3.05) is 11.7 Å². The molecule has 0 fully saturated rings. The van der Waals surface area contributed by atoms with Crippen molar-refractivity contribution in [3.8, 4) is 0 Å². The molecule has 0 bridgehead atoms. The number of halogens is 3. The lowest BCUT2D eigenvalue weighted by molar-refractivity contribution is 0.336. The Morgan fingerprint density at radius 3 is 2.68 bits per heavy atom. The van der Waals surface area contributed by atoms with Crippen molar-refractivity contribution in [1.29, 1.82) is 0 Å². The first-order valence-electron chi connectivity index (χ1n) is 6.67. The predicted octanol–water partition coefficient (Wildman–Crippen LogP) is 4.91. The van der Waals surface area contributed by atoms with Crippen LogP contribution in [0.25, 0.3) is 0 Å². The maximum absolute atomic E-state index is 14.0. The third kappa shape index (κ3) is 2.64. The molecule has 1 heterocycles. The van der Waals surface area contributed by atoms with Crippen LogP contribution < -0.4 is 5.01 Å². The summed E-state index contributed by atoms with van der Waals surface area (Å²) >= 11 is 12.2. The maximum Gasteiger partial charge on any atom is 0.245 e. The minimum absolute atomic E-state index is 0.167. The molecule has 0 radical (unpaired) electrons. The highest BCUT2D eigenvalue weighted by Gasteiger charge is 2.24. The molecule has 0 spiro atoms. The molecule has 22 heavy (non-hydrogen) atoms. The van der Waals surface area contributed by atoms with E-state index in [1.165, 1.54) is 6.07 Å². The van der Waals surface area contributed by atoms with Crippen molar-refractivity contribution in [1.82, 2.24) is 0 Å². The van der Waals surface area contributed by atoms with E-state index in [9.17, 15) is 4.39 Å². The Hall–Kier alpha value is -1.78. The monoisotopic (exact) mass is 338 g/mol. The van der Waals surface area contributed by atoms with E-state index in [1.807, 2.05) is 26.0 Å². The first-order valence-corrected chi connectivity index (χ1v) is 7.43. The average molecular weight is 339 g/mol. The van der Waals surface area contributed by atoms with Crippen LogP contribution >= 0.6 is 23.2 Å². The van der Waals surface area contributed by atoms with Crippen LogP contribution in [0.4, 0.5) is 10.1 Å². The van der Waals surface area contributed by atoms with Gasteiger partial charge in [-0.2, -0.15) is 0 Å². The lowest BCUT2D eigenvalue weighted by Gasteiger charge is -2.16. The van der Waals surface area contributed by atoms with Gasteiger partial charge < -0.3 is 4.74 Å². The summed E-state index contributed by atoms with van der Waals surface area (Å²) in [5.41, 5.74) is 2.90. The normalized spacial score (nSPS) is 14.0. The number of aryl methyl sites for hydroxylation is 1. The molecule has 0 aromatic heterocycles. The van der Waals surface area contributed by atoms with Gasteiger partial charge in [-0.1, -0.05) is 29.3 Å². The molecule has 0 amide bonds. The molecule has 0 unspecified atom stereocenters. The Morgan fingerprint density at radius 1 is 1.18 bits per heavy atom. The van der Waals surface area contributed by atoms with Gasteiger partial charge >= 0.3 is 0 Å². The molecule has 1 aliphatic heterocycles. The number of ether oxygens (including phenoxy) is 1. The maximum atomic E-state index is 14.0. The van der Waals surface area contributed by atoms with E-state index < -0.39 is 5.82 Å². The highest BCUT2D eigenvalue weighted by atomic mass is 35.5. The number of anilines is 1. The van der Waals surface area contributed by atoms with E-state index in [0.717, 1.165) is 16.8 Å². The lowest BCUT2D eigenvalue weighted by atomic mass is 10.1. The molecule has 3 rings (SSSR count). The predicted molar refractivity (Wildman–Crippen MR) is 87.3 cm³/mol. The Balaban J connectivity index is 2.02. The van der Waals surface area contributed by atoms with Gasteiger partial charge in [0.2, 0.25) is 5.90 Å². The van der Waals surface area contributed by atoms with Crippen LogP contribution in [0.15, 0.2) is 35.4 Å². The van der Waals surface area contributed by atoms with Crippen LogP contribution in [0.3, 0.4) is 0 Å². The SMILES string of the molecule is Cc1cc(Cl)c(C)c(N2COC(c3c(F)cccc3Cl)=N2)c1. The van der Waals surface area contributed by atoms with E-state index in [0.29, 0.717) is 5.02 Å². The molecule has 114 valence electrons. The topological polar surface area (TPSA) is 24.8 Å². The van der Waals surface area contributed by atoms with E-state index >= 15 is 0 Å². The van der Waals surface area contributed by atoms with Crippen LogP contribution in [-0.4, -0.2) is 12.6 Å². The van der Waals surface area contributed by atoms with Gasteiger partial charge in [0.05, 0.1) is 16.3 Å². The van der Waals surface area contributed by atoms with E-state index in [2.05, 4.69) is 5.10 Å². The number of hydrogen-bond acceptors (Lipinski definition) is 3. The number of benzene rings is 2. The zero-order valence-electron chi connectivity index (χ0n) is 12.0. The summed E-state index contributed by atoms with van der Waals surface area (Å²) in [6.07, 6.45) is 0. The molecule has 3 nitrogen and oxygen atoms in total. The van der Waals surface area contributed by atoms with Crippen LogP contribution in [0.5, 0.6) is 0 Å². The molecular formula is C16H13Cl2FN2O. The van der Waals surface area contributed by atoms with Gasteiger partial charge in [-0.25, -0.2) is 9.40 Å². The van der Waals surface area contributed by atoms with Crippen molar-refractivity contribution in [2.45, 2.75) is 13.8 Å². The first kappa shape index (κ1) is 15.1. The molecule has 6 heteroatoms. The van der Waals surface area contributed by atoms with Gasteiger partial charge in [0.1, 0.15) is 5.82 Å². The summed E-state index contributed by atoms with van der Waals surface area (Å²) in [7, 11) is 0. The highest BCUT2D eigenvalue weighted by molar-refractivity contribution is 6.34. The van der Waals surface area contributed by atoms with Gasteiger partial charge in [-0.05, 0) is 49.2 Å². The Labute approximate surface area is 137 Å². The van der Waals surface area contributed by atoms with Crippen molar-refractivity contribution in [3.63, 3.8) is 0 Å². The number of nitrogens with zero attached hydrogens (tertiary/aromatic N) is 2. The summed E-state index contributed by atoms with van der Waals surface area (Å²) in [4.78, 5) is 0. The molecule has 0 saturated heterocycles. The van der Waals surface area contributed by atoms with E-state index in [4.69, 9.17) is 27.9 Å². The van der Waals surface area contributed by atoms with Crippen molar-refractivity contribution in [2.24, 2.45) is 5.10 Å². The fourth-order valence-electron chi connectivity index (χ4n) is 2.30. The second-order valence-corrected chi connectivity index (χ2v) is 5.88. The van der Waals surface area contributed by atoms with Gasteiger partial charge in [-0.3, -0.25) is 0 Å². The summed E-state index contributed by atoms with van der Waals surface area (Å²) < 4.78 is 19.5. The third-order valence-electron chi connectivity index (χ3n) is 3.45. The van der Waals surface area contributed by atoms with Gasteiger partial charge in [-0.15, -0.1) is 5.10 Å². The minimum atomic E-state index is -0.466. The highest BCUT2D eigenvalue weighted by Crippen LogP contribution is 2.31. The summed E-state index contributed by atoms with van der Waals surface area (Å²) in [5.74, 6) is -0.299. The summed E-state index contributed by atoms with van der Waals surface area (Å²) in [5, 5.41) is 6.90. The van der Waals surface area contributed by atoms with Crippen LogP contribution in [0.2, 0.25) is 10.0 Å². The molecule has 0 N–H and O–H groups in total. The second kappa shape index (κ2) is 5.78. The van der Waals surface area contributed by atoms with Crippen LogP contribution in [0, 0.1) is 19.7 Å². The second-order valence-electron chi connectivity index (χ2n) is 5.07. The quantitative estimate of drug-likeness (QED) is 0.777. The van der Waals surface area contributed by atoms with Crippen molar-refractivity contribution < 1.29 is 9.13 Å². The Bertz CT molecular complexity index is 757. The molecule has 0 saturated carbocycles. The standard InChI is InChI=1S/C16H13Cl2FN2O/c1-9-6-12(18)10(2)14(7-9)21-8-22-16(20-21)15-11(17)4-3-5-13(15)19/h3-7H,8H2,1-2H3. The van der Waals surface area contributed by atoms with Crippen molar-refractivity contribution in [3.05, 3.63) is 62.9 Å². The molecular weight excluding hydrogens is 326 g/mol. The van der Waals surface area contributed by atoms with E-state index in [1.54, 1.807) is 17.1 Å². The van der Waals surface area contributed by atoms with Gasteiger partial charge in [0, 0.05) is 5.02 Å². The number of rotatable bonds is 2. The number of hydrazone groups is 1. The van der Waals surface area contributed by atoms with Crippen LogP contribution in [-0.2, 0) is 4.74 Å².